The number of aliphatic hydroxyl groups excluding tert-OH is 2. The molecular formula is C26H45N3O7. The molecule has 1 aromatic heterocycles. The highest BCUT2D eigenvalue weighted by Crippen LogP contribution is 2.31. The van der Waals surface area contributed by atoms with Gasteiger partial charge in [0.15, 0.2) is 12.3 Å². The van der Waals surface area contributed by atoms with Gasteiger partial charge in [0.05, 0.1) is 13.2 Å². The van der Waals surface area contributed by atoms with E-state index in [0.717, 1.165) is 23.8 Å². The van der Waals surface area contributed by atoms with E-state index in [2.05, 4.69) is 11.9 Å². The minimum absolute atomic E-state index is 0.0264. The highest BCUT2D eigenvalue weighted by molar-refractivity contribution is 5.60. The molecule has 0 amide bonds. The number of nitrogens with two attached hydrogens (primary N) is 1. The number of nitrogens with zero attached hydrogens (tertiary/aromatic N) is 2. The van der Waals surface area contributed by atoms with Crippen LogP contribution in [0.15, 0.2) is 17.1 Å². The zero-order chi connectivity index (χ0) is 26.2. The topological polar surface area (TPSA) is 146 Å². The number of ether oxygens (including phenoxy) is 3. The minimum Gasteiger partial charge on any atom is -0.434 e. The standard InChI is InChI=1S/C26H45N3O7/c1-2-3-4-5-6-7-8-9-10-11-12-13-14-15-18-34-26(33)36-23-22(31)20(19-30)35-24(23)29-17-16-21(27)28-25(29)32/h16-17,20,22-24,30-31H,2-15,18-19H2,1H3,(H2,27,28,32)/t20-,22-,23+,24?/m1/s1. The first-order chi connectivity index (χ1) is 17.5. The summed E-state index contributed by atoms with van der Waals surface area (Å²) in [6.07, 6.45) is 12.9. The van der Waals surface area contributed by atoms with Crippen LogP contribution in [0, 0.1) is 0 Å². The third-order valence-electron chi connectivity index (χ3n) is 6.57. The van der Waals surface area contributed by atoms with Gasteiger partial charge >= 0.3 is 11.8 Å². The number of carbonyl (C=O) groups is 1. The van der Waals surface area contributed by atoms with Crippen molar-refractivity contribution < 1.29 is 29.2 Å². The molecule has 10 heteroatoms. The van der Waals surface area contributed by atoms with Gasteiger partial charge in [-0.15, -0.1) is 0 Å². The first kappa shape index (κ1) is 30.1. The van der Waals surface area contributed by atoms with E-state index in [4.69, 9.17) is 19.9 Å². The summed E-state index contributed by atoms with van der Waals surface area (Å²) < 4.78 is 17.0. The van der Waals surface area contributed by atoms with Crippen LogP contribution in [-0.4, -0.2) is 57.4 Å². The molecule has 0 bridgehead atoms. The molecule has 36 heavy (non-hydrogen) atoms. The molecule has 0 aromatic carbocycles. The zero-order valence-electron chi connectivity index (χ0n) is 21.7. The van der Waals surface area contributed by atoms with Crippen molar-refractivity contribution in [1.82, 2.24) is 9.55 Å². The third kappa shape index (κ3) is 10.4. The summed E-state index contributed by atoms with van der Waals surface area (Å²) in [5.74, 6) is 0.0264. The molecule has 4 atom stereocenters. The maximum Gasteiger partial charge on any atom is 0.508 e. The van der Waals surface area contributed by atoms with Gasteiger partial charge in [-0.3, -0.25) is 4.57 Å². The van der Waals surface area contributed by atoms with Crippen LogP contribution in [0.4, 0.5) is 10.6 Å². The Labute approximate surface area is 214 Å². The van der Waals surface area contributed by atoms with Gasteiger partial charge in [-0.1, -0.05) is 90.4 Å². The molecule has 206 valence electrons. The average Bonchev–Trinajstić information content (AvgIpc) is 3.16. The SMILES string of the molecule is CCCCCCCCCCCCCCCCOC(=O)O[C@@H]1C(n2ccc(N)nc2=O)O[C@H](CO)[C@H]1O. The maximum atomic E-state index is 12.2. The zero-order valence-corrected chi connectivity index (χ0v) is 21.7. The van der Waals surface area contributed by atoms with Gasteiger partial charge in [0.2, 0.25) is 0 Å². The van der Waals surface area contributed by atoms with Crippen molar-refractivity contribution in [2.24, 2.45) is 0 Å². The number of rotatable bonds is 18. The Morgan fingerprint density at radius 3 is 2.11 bits per heavy atom. The average molecular weight is 512 g/mol. The molecule has 0 saturated carbocycles. The Kier molecular flexibility index (Phi) is 14.5. The number of aromatic nitrogens is 2. The lowest BCUT2D eigenvalue weighted by Crippen LogP contribution is -2.39. The van der Waals surface area contributed by atoms with Gasteiger partial charge in [-0.2, -0.15) is 4.98 Å². The van der Waals surface area contributed by atoms with Crippen LogP contribution in [0.25, 0.3) is 0 Å². The van der Waals surface area contributed by atoms with Gasteiger partial charge in [-0.05, 0) is 12.5 Å². The fraction of sp³-hybridized carbons (Fsp3) is 0.808. The highest BCUT2D eigenvalue weighted by Gasteiger charge is 2.47. The Bertz CT molecular complexity index is 804. The van der Waals surface area contributed by atoms with Crippen LogP contribution in [0.5, 0.6) is 0 Å². The second kappa shape index (κ2) is 17.3. The molecule has 1 aliphatic heterocycles. The number of carbonyl (C=O) groups excluding carboxylic acids is 1. The Morgan fingerprint density at radius 1 is 1.03 bits per heavy atom. The van der Waals surface area contributed by atoms with Crippen LogP contribution in [-0.2, 0) is 14.2 Å². The van der Waals surface area contributed by atoms with E-state index < -0.39 is 43.0 Å². The molecule has 2 rings (SSSR count). The van der Waals surface area contributed by atoms with Gasteiger partial charge in [0, 0.05) is 6.20 Å². The summed E-state index contributed by atoms with van der Waals surface area (Å²) in [7, 11) is 0. The van der Waals surface area contributed by atoms with Crippen LogP contribution < -0.4 is 11.4 Å². The van der Waals surface area contributed by atoms with Gasteiger partial charge in [0.1, 0.15) is 18.0 Å². The molecule has 2 heterocycles. The number of hydrogen-bond acceptors (Lipinski definition) is 9. The van der Waals surface area contributed by atoms with E-state index in [0.29, 0.717) is 0 Å². The lowest BCUT2D eigenvalue weighted by atomic mass is 10.0. The molecule has 1 saturated heterocycles. The molecule has 1 aliphatic rings. The lowest BCUT2D eigenvalue weighted by Gasteiger charge is -2.21. The summed E-state index contributed by atoms with van der Waals surface area (Å²) in [6.45, 7) is 1.94. The summed E-state index contributed by atoms with van der Waals surface area (Å²) >= 11 is 0. The Hall–Kier alpha value is -2.17. The number of unbranched alkanes of at least 4 members (excludes halogenated alkanes) is 13. The molecule has 1 aromatic rings. The first-order valence-corrected chi connectivity index (χ1v) is 13.6. The fourth-order valence-electron chi connectivity index (χ4n) is 4.44. The number of anilines is 1. The molecule has 0 aliphatic carbocycles. The first-order valence-electron chi connectivity index (χ1n) is 13.6. The highest BCUT2D eigenvalue weighted by atomic mass is 16.7. The number of aliphatic hydroxyl groups is 2. The van der Waals surface area contributed by atoms with Crippen LogP contribution in [0.2, 0.25) is 0 Å². The van der Waals surface area contributed by atoms with E-state index in [1.165, 1.54) is 82.9 Å². The van der Waals surface area contributed by atoms with Crippen molar-refractivity contribution >= 4 is 12.0 Å². The molecular weight excluding hydrogens is 466 g/mol. The quantitative estimate of drug-likeness (QED) is 0.196. The van der Waals surface area contributed by atoms with Crippen molar-refractivity contribution in [3.05, 3.63) is 22.7 Å². The van der Waals surface area contributed by atoms with Crippen molar-refractivity contribution in [3.63, 3.8) is 0 Å². The van der Waals surface area contributed by atoms with Crippen molar-refractivity contribution in [2.45, 2.75) is 121 Å². The van der Waals surface area contributed by atoms with Crippen LogP contribution in [0.3, 0.4) is 0 Å². The van der Waals surface area contributed by atoms with Crippen LogP contribution >= 0.6 is 0 Å². The molecule has 4 N–H and O–H groups in total. The second-order valence-electron chi connectivity index (χ2n) is 9.56. The molecule has 1 fully saturated rings. The van der Waals surface area contributed by atoms with Crippen molar-refractivity contribution in [1.29, 1.82) is 0 Å². The van der Waals surface area contributed by atoms with Crippen LogP contribution in [0.1, 0.15) is 103 Å². The summed E-state index contributed by atoms with van der Waals surface area (Å²) in [5, 5.41) is 19.8. The molecule has 1 unspecified atom stereocenters. The molecule has 0 spiro atoms. The Balaban J connectivity index is 1.58. The maximum absolute atomic E-state index is 12.2. The summed E-state index contributed by atoms with van der Waals surface area (Å²) in [4.78, 5) is 28.0. The van der Waals surface area contributed by atoms with E-state index in [1.807, 2.05) is 0 Å². The van der Waals surface area contributed by atoms with Crippen molar-refractivity contribution in [2.75, 3.05) is 18.9 Å². The van der Waals surface area contributed by atoms with E-state index >= 15 is 0 Å². The normalized spacial score (nSPS) is 21.5. The summed E-state index contributed by atoms with van der Waals surface area (Å²) in [5.41, 5.74) is 4.78. The smallest absolute Gasteiger partial charge is 0.434 e. The van der Waals surface area contributed by atoms with Gasteiger partial charge in [-0.25, -0.2) is 9.59 Å². The predicted molar refractivity (Wildman–Crippen MR) is 136 cm³/mol. The predicted octanol–water partition coefficient (Wildman–Crippen LogP) is 4.08. The minimum atomic E-state index is -1.34. The summed E-state index contributed by atoms with van der Waals surface area (Å²) in [6, 6.07) is 1.38. The fourth-order valence-corrected chi connectivity index (χ4v) is 4.44. The van der Waals surface area contributed by atoms with Gasteiger partial charge in [0.25, 0.3) is 0 Å². The third-order valence-corrected chi connectivity index (χ3v) is 6.57. The second-order valence-corrected chi connectivity index (χ2v) is 9.56. The Morgan fingerprint density at radius 2 is 1.58 bits per heavy atom. The van der Waals surface area contributed by atoms with E-state index in [9.17, 15) is 19.8 Å². The van der Waals surface area contributed by atoms with Crippen molar-refractivity contribution in [3.8, 4) is 0 Å². The molecule has 0 radical (unpaired) electrons. The molecule has 10 nitrogen and oxygen atoms in total. The lowest BCUT2D eigenvalue weighted by molar-refractivity contribution is -0.0666. The number of hydrogen-bond donors (Lipinski definition) is 3. The number of nitrogen functional groups attached to an aromatic ring is 1. The monoisotopic (exact) mass is 511 g/mol. The largest absolute Gasteiger partial charge is 0.508 e. The van der Waals surface area contributed by atoms with Gasteiger partial charge < -0.3 is 30.2 Å². The van der Waals surface area contributed by atoms with E-state index in [1.54, 1.807) is 0 Å². The van der Waals surface area contributed by atoms with E-state index in [-0.39, 0.29) is 12.4 Å².